The summed E-state index contributed by atoms with van der Waals surface area (Å²) in [5, 5.41) is 0. The summed E-state index contributed by atoms with van der Waals surface area (Å²) < 4.78 is 0.848. The number of thiazole rings is 1. The van der Waals surface area contributed by atoms with Gasteiger partial charge in [-0.15, -0.1) is 11.3 Å². The van der Waals surface area contributed by atoms with Crippen LogP contribution < -0.4 is 5.73 Å². The zero-order valence-corrected chi connectivity index (χ0v) is 7.44. The SMILES string of the molecule is Cc1[nH]c(=S)sc1CCN. The lowest BCUT2D eigenvalue weighted by Crippen LogP contribution is -2.01. The number of nitrogens with two attached hydrogens (primary N) is 1. The number of H-pyrrole nitrogens is 1. The molecular weight excluding hydrogens is 164 g/mol. The molecule has 1 rings (SSSR count). The van der Waals surface area contributed by atoms with Crippen LogP contribution in [-0.4, -0.2) is 11.5 Å². The Morgan fingerprint density at radius 3 is 2.80 bits per heavy atom. The minimum Gasteiger partial charge on any atom is -0.341 e. The number of hydrogen-bond acceptors (Lipinski definition) is 3. The van der Waals surface area contributed by atoms with E-state index in [2.05, 4.69) is 4.98 Å². The predicted octanol–water partition coefficient (Wildman–Crippen LogP) is 1.62. The zero-order chi connectivity index (χ0) is 7.56. The topological polar surface area (TPSA) is 41.8 Å². The van der Waals surface area contributed by atoms with Crippen molar-refractivity contribution in [1.29, 1.82) is 0 Å². The van der Waals surface area contributed by atoms with Crippen LogP contribution >= 0.6 is 23.6 Å². The standard InChI is InChI=1S/C6H10N2S2/c1-4-5(2-3-7)10-6(9)8-4/h2-3,7H2,1H3,(H,8,9). The van der Waals surface area contributed by atoms with E-state index in [0.29, 0.717) is 6.54 Å². The Balaban J connectivity index is 2.92. The molecule has 0 radical (unpaired) electrons. The van der Waals surface area contributed by atoms with Crippen molar-refractivity contribution in [3.05, 3.63) is 14.5 Å². The lowest BCUT2D eigenvalue weighted by Gasteiger charge is -1.91. The highest BCUT2D eigenvalue weighted by Gasteiger charge is 1.98. The second-order valence-corrected chi connectivity index (χ2v) is 3.87. The lowest BCUT2D eigenvalue weighted by molar-refractivity contribution is 0.970. The molecule has 0 atom stereocenters. The summed E-state index contributed by atoms with van der Waals surface area (Å²) in [6.45, 7) is 2.72. The van der Waals surface area contributed by atoms with Crippen LogP contribution in [0.15, 0.2) is 0 Å². The van der Waals surface area contributed by atoms with Crippen molar-refractivity contribution >= 4 is 23.6 Å². The Morgan fingerprint density at radius 2 is 2.40 bits per heavy atom. The van der Waals surface area contributed by atoms with E-state index >= 15 is 0 Å². The van der Waals surface area contributed by atoms with E-state index in [1.54, 1.807) is 11.3 Å². The van der Waals surface area contributed by atoms with Crippen LogP contribution in [0.2, 0.25) is 0 Å². The fourth-order valence-corrected chi connectivity index (χ4v) is 2.11. The van der Waals surface area contributed by atoms with Gasteiger partial charge in [-0.2, -0.15) is 0 Å². The Labute approximate surface area is 69.1 Å². The summed E-state index contributed by atoms with van der Waals surface area (Å²) in [7, 11) is 0. The number of aryl methyl sites for hydroxylation is 1. The monoisotopic (exact) mass is 174 g/mol. The van der Waals surface area contributed by atoms with Crippen LogP contribution in [0.1, 0.15) is 10.6 Å². The molecule has 0 aliphatic heterocycles. The molecule has 0 fully saturated rings. The largest absolute Gasteiger partial charge is 0.341 e. The summed E-state index contributed by atoms with van der Waals surface area (Å²) in [5.41, 5.74) is 6.56. The zero-order valence-electron chi connectivity index (χ0n) is 5.81. The maximum absolute atomic E-state index is 5.40. The number of rotatable bonds is 2. The van der Waals surface area contributed by atoms with Gasteiger partial charge in [0.2, 0.25) is 0 Å². The summed E-state index contributed by atoms with van der Waals surface area (Å²) in [4.78, 5) is 4.35. The van der Waals surface area contributed by atoms with Crippen molar-refractivity contribution < 1.29 is 0 Å². The molecule has 4 heteroatoms. The van der Waals surface area contributed by atoms with Gasteiger partial charge in [0.05, 0.1) is 0 Å². The van der Waals surface area contributed by atoms with Crippen LogP contribution in [0, 0.1) is 10.9 Å². The number of hydrogen-bond donors (Lipinski definition) is 2. The predicted molar refractivity (Wildman–Crippen MR) is 47.0 cm³/mol. The molecule has 56 valence electrons. The van der Waals surface area contributed by atoms with E-state index in [4.69, 9.17) is 18.0 Å². The second kappa shape index (κ2) is 3.27. The Kier molecular flexibility index (Phi) is 2.59. The molecular formula is C6H10N2S2. The van der Waals surface area contributed by atoms with Crippen molar-refractivity contribution in [1.82, 2.24) is 4.98 Å². The minimum atomic E-state index is 0.698. The molecule has 0 bridgehead atoms. The molecule has 1 heterocycles. The highest BCUT2D eigenvalue weighted by Crippen LogP contribution is 2.13. The molecule has 0 saturated heterocycles. The van der Waals surface area contributed by atoms with Gasteiger partial charge in [0, 0.05) is 10.6 Å². The Bertz CT molecular complexity index is 261. The molecule has 10 heavy (non-hydrogen) atoms. The van der Waals surface area contributed by atoms with E-state index in [1.165, 1.54) is 10.6 Å². The molecule has 0 aliphatic rings. The Morgan fingerprint density at radius 1 is 1.70 bits per heavy atom. The number of nitrogens with one attached hydrogen (secondary N) is 1. The summed E-state index contributed by atoms with van der Waals surface area (Å²) in [6, 6.07) is 0. The van der Waals surface area contributed by atoms with E-state index in [1.807, 2.05) is 6.92 Å². The minimum absolute atomic E-state index is 0.698. The first kappa shape index (κ1) is 7.91. The fourth-order valence-electron chi connectivity index (χ4n) is 0.806. The molecule has 0 spiro atoms. The molecule has 0 aliphatic carbocycles. The van der Waals surface area contributed by atoms with Crippen LogP contribution in [0.3, 0.4) is 0 Å². The molecule has 0 aromatic carbocycles. The van der Waals surface area contributed by atoms with Gasteiger partial charge < -0.3 is 10.7 Å². The van der Waals surface area contributed by atoms with Gasteiger partial charge in [-0.3, -0.25) is 0 Å². The third kappa shape index (κ3) is 1.65. The van der Waals surface area contributed by atoms with Gasteiger partial charge >= 0.3 is 0 Å². The van der Waals surface area contributed by atoms with Crippen LogP contribution in [-0.2, 0) is 6.42 Å². The van der Waals surface area contributed by atoms with Gasteiger partial charge in [0.1, 0.15) is 0 Å². The van der Waals surface area contributed by atoms with Crippen LogP contribution in [0.25, 0.3) is 0 Å². The average Bonchev–Trinajstić information content (AvgIpc) is 2.13. The van der Waals surface area contributed by atoms with E-state index < -0.39 is 0 Å². The van der Waals surface area contributed by atoms with Crippen molar-refractivity contribution in [2.24, 2.45) is 5.73 Å². The summed E-state index contributed by atoms with van der Waals surface area (Å²) in [6.07, 6.45) is 0.934. The number of aromatic nitrogens is 1. The summed E-state index contributed by atoms with van der Waals surface area (Å²) in [5.74, 6) is 0. The van der Waals surface area contributed by atoms with Crippen molar-refractivity contribution in [2.45, 2.75) is 13.3 Å². The third-order valence-electron chi connectivity index (χ3n) is 1.30. The highest BCUT2D eigenvalue weighted by atomic mass is 32.1. The maximum Gasteiger partial charge on any atom is 0.158 e. The molecule has 1 aromatic heterocycles. The number of aromatic amines is 1. The molecule has 0 unspecified atom stereocenters. The van der Waals surface area contributed by atoms with E-state index in [-0.39, 0.29) is 0 Å². The fraction of sp³-hybridized carbons (Fsp3) is 0.500. The maximum atomic E-state index is 5.40. The normalized spacial score (nSPS) is 10.2. The first-order chi connectivity index (χ1) is 4.74. The smallest absolute Gasteiger partial charge is 0.158 e. The lowest BCUT2D eigenvalue weighted by atomic mass is 10.3. The molecule has 0 saturated carbocycles. The van der Waals surface area contributed by atoms with Gasteiger partial charge in [-0.05, 0) is 32.1 Å². The van der Waals surface area contributed by atoms with Crippen molar-refractivity contribution in [2.75, 3.05) is 6.54 Å². The van der Waals surface area contributed by atoms with E-state index in [9.17, 15) is 0 Å². The van der Waals surface area contributed by atoms with Gasteiger partial charge in [-0.1, -0.05) is 0 Å². The van der Waals surface area contributed by atoms with Gasteiger partial charge in [-0.25, -0.2) is 0 Å². The van der Waals surface area contributed by atoms with Crippen LogP contribution in [0.4, 0.5) is 0 Å². The molecule has 3 N–H and O–H groups in total. The van der Waals surface area contributed by atoms with Crippen molar-refractivity contribution in [3.8, 4) is 0 Å². The average molecular weight is 174 g/mol. The highest BCUT2D eigenvalue weighted by molar-refractivity contribution is 7.73. The molecule has 0 amide bonds. The third-order valence-corrected chi connectivity index (χ3v) is 2.69. The van der Waals surface area contributed by atoms with Crippen LogP contribution in [0.5, 0.6) is 0 Å². The van der Waals surface area contributed by atoms with Gasteiger partial charge in [0.25, 0.3) is 0 Å². The van der Waals surface area contributed by atoms with Crippen molar-refractivity contribution in [3.63, 3.8) is 0 Å². The quantitative estimate of drug-likeness (QED) is 0.669. The summed E-state index contributed by atoms with van der Waals surface area (Å²) >= 11 is 6.57. The first-order valence-electron chi connectivity index (χ1n) is 3.12. The van der Waals surface area contributed by atoms with Gasteiger partial charge in [0.15, 0.2) is 3.95 Å². The second-order valence-electron chi connectivity index (χ2n) is 2.10. The van der Waals surface area contributed by atoms with E-state index in [0.717, 1.165) is 10.4 Å². The Hall–Kier alpha value is -0.190. The molecule has 1 aromatic rings. The molecule has 2 nitrogen and oxygen atoms in total. The first-order valence-corrected chi connectivity index (χ1v) is 4.35.